The zero-order valence-corrected chi connectivity index (χ0v) is 19.3. The number of hydrogen-bond donors (Lipinski definition) is 8. The molecular formula is C21H18O16S. The van der Waals surface area contributed by atoms with Gasteiger partial charge in [0.25, 0.3) is 0 Å². The van der Waals surface area contributed by atoms with E-state index in [0.29, 0.717) is 0 Å². The van der Waals surface area contributed by atoms with Crippen molar-refractivity contribution >= 4 is 27.3 Å². The highest BCUT2D eigenvalue weighted by molar-refractivity contribution is 7.80. The van der Waals surface area contributed by atoms with E-state index in [2.05, 4.69) is 4.18 Å². The summed E-state index contributed by atoms with van der Waals surface area (Å²) < 4.78 is 51.7. The Hall–Kier alpha value is -4.13. The zero-order valence-electron chi connectivity index (χ0n) is 18.5. The molecule has 1 unspecified atom stereocenters. The van der Waals surface area contributed by atoms with Crippen LogP contribution in [0, 0.1) is 0 Å². The molecular weight excluding hydrogens is 540 g/mol. The lowest BCUT2D eigenvalue weighted by Gasteiger charge is -2.39. The number of carboxylic acids is 1. The van der Waals surface area contributed by atoms with Gasteiger partial charge in [0.05, 0.1) is 0 Å². The molecule has 2 heterocycles. The summed E-state index contributed by atoms with van der Waals surface area (Å²) in [5.74, 6) is -5.85. The lowest BCUT2D eigenvalue weighted by atomic mass is 9.99. The SMILES string of the molecule is O=C(O)[C@H]1OC(Oc2c(-c3ccc(O)c(O)c3)oc3cc(O)cc(O)c3c2=O)[C@H](O)[C@@H](OS(=O)(=O)O)[C@@H]1O. The van der Waals surface area contributed by atoms with E-state index < -0.39 is 92.4 Å². The predicted octanol–water partition coefficient (Wildman–Crippen LogP) is -0.619. The standard InChI is InChI=1S/C21H18O16S/c22-7-4-10(25)12-11(5-7)34-16(6-1-2-8(23)9(24)3-6)18(13(12)26)35-21-15(28)17(37-38(31,32)33)14(27)19(36-21)20(29)30/h1-5,14-15,17,19,21-25,27-28H,(H,29,30)(H,31,32,33)/t14-,15+,17-,19-,21?/m0/s1. The summed E-state index contributed by atoms with van der Waals surface area (Å²) in [6, 6.07) is 4.79. The van der Waals surface area contributed by atoms with Crippen molar-refractivity contribution < 1.29 is 71.6 Å². The quantitative estimate of drug-likeness (QED) is 0.138. The normalized spacial score (nSPS) is 23.8. The van der Waals surface area contributed by atoms with Gasteiger partial charge in [0.2, 0.25) is 17.5 Å². The first-order valence-corrected chi connectivity index (χ1v) is 11.7. The Morgan fingerprint density at radius 2 is 1.63 bits per heavy atom. The number of phenols is 4. The van der Waals surface area contributed by atoms with E-state index >= 15 is 0 Å². The Morgan fingerprint density at radius 1 is 0.947 bits per heavy atom. The van der Waals surface area contributed by atoms with Crippen molar-refractivity contribution in [1.29, 1.82) is 0 Å². The Morgan fingerprint density at radius 3 is 2.24 bits per heavy atom. The van der Waals surface area contributed by atoms with Gasteiger partial charge in [-0.1, -0.05) is 0 Å². The van der Waals surface area contributed by atoms with E-state index in [4.69, 9.17) is 18.4 Å². The molecule has 4 rings (SSSR count). The number of phenolic OH excluding ortho intramolecular Hbond substituents is 4. The second kappa shape index (κ2) is 9.63. The van der Waals surface area contributed by atoms with E-state index in [0.717, 1.165) is 30.3 Å². The first-order valence-electron chi connectivity index (χ1n) is 10.3. The summed E-state index contributed by atoms with van der Waals surface area (Å²) in [5, 5.41) is 69.1. The third-order valence-corrected chi connectivity index (χ3v) is 5.87. The molecule has 0 saturated carbocycles. The molecule has 204 valence electrons. The van der Waals surface area contributed by atoms with Gasteiger partial charge in [-0.25, -0.2) is 8.98 Å². The number of aliphatic carboxylic acids is 1. The highest BCUT2D eigenvalue weighted by Crippen LogP contribution is 2.39. The molecule has 5 atom stereocenters. The van der Waals surface area contributed by atoms with Gasteiger partial charge in [-0.15, -0.1) is 0 Å². The number of benzene rings is 2. The number of carboxylic acid groups (broad SMARTS) is 1. The van der Waals surface area contributed by atoms with Crippen LogP contribution in [0.25, 0.3) is 22.3 Å². The maximum absolute atomic E-state index is 13.4. The summed E-state index contributed by atoms with van der Waals surface area (Å²) in [6.45, 7) is 0. The van der Waals surface area contributed by atoms with Crippen LogP contribution in [0.15, 0.2) is 39.5 Å². The summed E-state index contributed by atoms with van der Waals surface area (Å²) in [5.41, 5.74) is -1.71. The number of hydrogen-bond acceptors (Lipinski definition) is 14. The highest BCUT2D eigenvalue weighted by atomic mass is 32.3. The van der Waals surface area contributed by atoms with Gasteiger partial charge < -0.3 is 49.6 Å². The smallest absolute Gasteiger partial charge is 0.397 e. The van der Waals surface area contributed by atoms with Crippen molar-refractivity contribution in [3.8, 4) is 40.1 Å². The van der Waals surface area contributed by atoms with Gasteiger partial charge in [-0.2, -0.15) is 8.42 Å². The highest BCUT2D eigenvalue weighted by Gasteiger charge is 2.51. The minimum atomic E-state index is -5.35. The molecule has 3 aromatic rings. The van der Waals surface area contributed by atoms with Crippen LogP contribution in [0.2, 0.25) is 0 Å². The van der Waals surface area contributed by atoms with Crippen LogP contribution in [0.4, 0.5) is 0 Å². The lowest BCUT2D eigenvalue weighted by Crippen LogP contribution is -2.62. The van der Waals surface area contributed by atoms with Crippen molar-refractivity contribution in [2.45, 2.75) is 30.7 Å². The Kier molecular flexibility index (Phi) is 6.82. The van der Waals surface area contributed by atoms with Crippen LogP contribution in [-0.4, -0.2) is 85.4 Å². The van der Waals surface area contributed by atoms with Crippen LogP contribution in [-0.2, 0) is 24.1 Å². The minimum Gasteiger partial charge on any atom is -0.508 e. The average molecular weight is 558 g/mol. The van der Waals surface area contributed by atoms with Gasteiger partial charge in [0.1, 0.15) is 40.8 Å². The topological polar surface area (TPSA) is 271 Å². The lowest BCUT2D eigenvalue weighted by molar-refractivity contribution is -0.266. The molecule has 0 spiro atoms. The molecule has 0 aliphatic carbocycles. The second-order valence-electron chi connectivity index (χ2n) is 7.98. The molecule has 1 saturated heterocycles. The summed E-state index contributed by atoms with van der Waals surface area (Å²) in [4.78, 5) is 24.9. The largest absolute Gasteiger partial charge is 0.508 e. The number of aromatic hydroxyl groups is 4. The van der Waals surface area contributed by atoms with Crippen molar-refractivity contribution in [3.05, 3.63) is 40.6 Å². The fourth-order valence-corrected chi connectivity index (χ4v) is 4.25. The average Bonchev–Trinajstić information content (AvgIpc) is 2.80. The van der Waals surface area contributed by atoms with Crippen LogP contribution < -0.4 is 10.2 Å². The van der Waals surface area contributed by atoms with Gasteiger partial charge in [0.15, 0.2) is 23.4 Å². The van der Waals surface area contributed by atoms with E-state index in [1.165, 1.54) is 0 Å². The molecule has 16 nitrogen and oxygen atoms in total. The molecule has 0 radical (unpaired) electrons. The fourth-order valence-electron chi connectivity index (χ4n) is 3.74. The number of fused-ring (bicyclic) bond motifs is 1. The third kappa shape index (κ3) is 5.01. The Bertz CT molecular complexity index is 1580. The molecule has 38 heavy (non-hydrogen) atoms. The summed E-state index contributed by atoms with van der Waals surface area (Å²) >= 11 is 0. The van der Waals surface area contributed by atoms with Crippen LogP contribution >= 0.6 is 0 Å². The third-order valence-electron chi connectivity index (χ3n) is 5.41. The first-order chi connectivity index (χ1) is 17.7. The van der Waals surface area contributed by atoms with Crippen LogP contribution in [0.1, 0.15) is 0 Å². The van der Waals surface area contributed by atoms with E-state index in [9.17, 15) is 53.8 Å². The van der Waals surface area contributed by atoms with E-state index in [-0.39, 0.29) is 11.1 Å². The monoisotopic (exact) mass is 558 g/mol. The van der Waals surface area contributed by atoms with Crippen molar-refractivity contribution in [3.63, 3.8) is 0 Å². The summed E-state index contributed by atoms with van der Waals surface area (Å²) in [6.07, 6.45) is -11.6. The maximum Gasteiger partial charge on any atom is 0.397 e. The molecule has 1 aliphatic rings. The second-order valence-corrected chi connectivity index (χ2v) is 9.03. The van der Waals surface area contributed by atoms with Gasteiger partial charge in [0, 0.05) is 17.7 Å². The number of carbonyl (C=O) groups is 1. The van der Waals surface area contributed by atoms with E-state index in [1.54, 1.807) is 0 Å². The van der Waals surface area contributed by atoms with E-state index in [1.807, 2.05) is 0 Å². The van der Waals surface area contributed by atoms with Crippen molar-refractivity contribution in [2.75, 3.05) is 0 Å². The van der Waals surface area contributed by atoms with Gasteiger partial charge in [-0.3, -0.25) is 9.35 Å². The number of rotatable bonds is 6. The molecule has 2 aromatic carbocycles. The number of aliphatic hydroxyl groups is 2. The molecule has 1 aromatic heterocycles. The van der Waals surface area contributed by atoms with Gasteiger partial charge in [-0.05, 0) is 18.2 Å². The Balaban J connectivity index is 1.90. The van der Waals surface area contributed by atoms with Crippen molar-refractivity contribution in [1.82, 2.24) is 0 Å². The van der Waals surface area contributed by atoms with Crippen molar-refractivity contribution in [2.24, 2.45) is 0 Å². The Labute approximate surface area is 210 Å². The fraction of sp³-hybridized carbons (Fsp3) is 0.238. The maximum atomic E-state index is 13.4. The summed E-state index contributed by atoms with van der Waals surface area (Å²) in [7, 11) is -5.35. The minimum absolute atomic E-state index is 0.150. The first kappa shape index (κ1) is 26.9. The molecule has 1 aliphatic heterocycles. The molecule has 1 fully saturated rings. The number of aliphatic hydroxyl groups excluding tert-OH is 2. The molecule has 17 heteroatoms. The predicted molar refractivity (Wildman–Crippen MR) is 120 cm³/mol. The van der Waals surface area contributed by atoms with Crippen LogP contribution in [0.3, 0.4) is 0 Å². The molecule has 0 bridgehead atoms. The molecule has 8 N–H and O–H groups in total. The molecule has 0 amide bonds. The number of ether oxygens (including phenoxy) is 2. The zero-order chi connectivity index (χ0) is 28.1. The van der Waals surface area contributed by atoms with Crippen LogP contribution in [0.5, 0.6) is 28.7 Å². The van der Waals surface area contributed by atoms with Gasteiger partial charge >= 0.3 is 16.4 Å².